The van der Waals surface area contributed by atoms with Gasteiger partial charge in [0.15, 0.2) is 0 Å². The summed E-state index contributed by atoms with van der Waals surface area (Å²) in [6.07, 6.45) is 4.82. The average molecular weight is 285 g/mol. The highest BCUT2D eigenvalue weighted by Gasteiger charge is 2.59. The number of carboxylic acid groups (broad SMARTS) is 1. The lowest BCUT2D eigenvalue weighted by Crippen LogP contribution is -2.35. The molecule has 4 heteroatoms. The molecule has 2 fully saturated rings. The number of hydrogen-bond donors (Lipinski definition) is 2. The lowest BCUT2D eigenvalue weighted by molar-refractivity contribution is -0.139. The fraction of sp³-hybridized carbons (Fsp3) is 0.529. The number of benzene rings is 1. The molecule has 4 rings (SSSR count). The van der Waals surface area contributed by atoms with Crippen LogP contribution >= 0.6 is 0 Å². The normalized spacial score (nSPS) is 28.8. The van der Waals surface area contributed by atoms with Crippen LogP contribution < -0.4 is 5.32 Å². The summed E-state index contributed by atoms with van der Waals surface area (Å²) in [5.74, 6) is -0.578. The first kappa shape index (κ1) is 12.9. The minimum absolute atomic E-state index is 0.115. The Labute approximate surface area is 123 Å². The smallest absolute Gasteiger partial charge is 0.311 e. The van der Waals surface area contributed by atoms with E-state index in [4.69, 9.17) is 0 Å². The first-order valence-electron chi connectivity index (χ1n) is 7.74. The minimum atomic E-state index is -0.803. The minimum Gasteiger partial charge on any atom is -0.481 e. The van der Waals surface area contributed by atoms with E-state index >= 15 is 0 Å². The molecule has 0 saturated heterocycles. The first-order valence-corrected chi connectivity index (χ1v) is 7.74. The summed E-state index contributed by atoms with van der Waals surface area (Å²) >= 11 is 0. The van der Waals surface area contributed by atoms with Crippen molar-refractivity contribution in [2.24, 2.45) is 11.3 Å². The van der Waals surface area contributed by atoms with Gasteiger partial charge in [-0.25, -0.2) is 0 Å². The maximum Gasteiger partial charge on any atom is 0.311 e. The molecule has 1 amide bonds. The zero-order valence-corrected chi connectivity index (χ0v) is 11.8. The van der Waals surface area contributed by atoms with Crippen molar-refractivity contribution in [3.05, 3.63) is 35.4 Å². The Bertz CT molecular complexity index is 616. The third kappa shape index (κ3) is 1.96. The number of amides is 1. The molecule has 4 nitrogen and oxygen atoms in total. The van der Waals surface area contributed by atoms with Gasteiger partial charge in [-0.2, -0.15) is 0 Å². The topological polar surface area (TPSA) is 66.4 Å². The summed E-state index contributed by atoms with van der Waals surface area (Å²) in [6.45, 7) is 0. The van der Waals surface area contributed by atoms with E-state index in [1.54, 1.807) is 0 Å². The van der Waals surface area contributed by atoms with E-state index < -0.39 is 11.9 Å². The molecule has 2 unspecified atom stereocenters. The number of hydrogen-bond acceptors (Lipinski definition) is 2. The van der Waals surface area contributed by atoms with Gasteiger partial charge < -0.3 is 10.4 Å². The molecular weight excluding hydrogens is 266 g/mol. The summed E-state index contributed by atoms with van der Waals surface area (Å²) < 4.78 is 0. The van der Waals surface area contributed by atoms with E-state index in [-0.39, 0.29) is 17.4 Å². The van der Waals surface area contributed by atoms with Crippen LogP contribution in [0.2, 0.25) is 0 Å². The Morgan fingerprint density at radius 1 is 1.14 bits per heavy atom. The number of rotatable bonds is 4. The number of carboxylic acids is 1. The average Bonchev–Trinajstić information content (AvgIpc) is 3.34. The van der Waals surface area contributed by atoms with E-state index in [1.165, 1.54) is 12.8 Å². The van der Waals surface area contributed by atoms with Crippen LogP contribution in [0.1, 0.15) is 55.2 Å². The van der Waals surface area contributed by atoms with Crippen LogP contribution in [0.15, 0.2) is 24.3 Å². The molecule has 3 aliphatic carbocycles. The highest BCUT2D eigenvalue weighted by molar-refractivity contribution is 5.87. The Balaban J connectivity index is 1.56. The Hall–Kier alpha value is -1.84. The van der Waals surface area contributed by atoms with Crippen molar-refractivity contribution < 1.29 is 14.7 Å². The van der Waals surface area contributed by atoms with Gasteiger partial charge in [-0.3, -0.25) is 9.59 Å². The fourth-order valence-corrected chi connectivity index (χ4v) is 3.90. The predicted molar refractivity (Wildman–Crippen MR) is 76.7 cm³/mol. The van der Waals surface area contributed by atoms with Crippen LogP contribution in [0, 0.1) is 11.3 Å². The van der Waals surface area contributed by atoms with Gasteiger partial charge in [-0.15, -0.1) is 0 Å². The van der Waals surface area contributed by atoms with Gasteiger partial charge in [0.25, 0.3) is 0 Å². The fourth-order valence-electron chi connectivity index (χ4n) is 3.90. The number of aliphatic carboxylic acids is 1. The van der Waals surface area contributed by atoms with Crippen LogP contribution in [0.4, 0.5) is 0 Å². The monoisotopic (exact) mass is 285 g/mol. The van der Waals surface area contributed by atoms with Crippen molar-refractivity contribution in [2.75, 3.05) is 0 Å². The molecule has 0 aromatic heterocycles. The molecule has 110 valence electrons. The Morgan fingerprint density at radius 2 is 1.81 bits per heavy atom. The van der Waals surface area contributed by atoms with Crippen molar-refractivity contribution in [1.29, 1.82) is 0 Å². The number of carbonyl (C=O) groups excluding carboxylic acids is 1. The molecular formula is C17H19NO3. The molecule has 1 aromatic carbocycles. The summed E-state index contributed by atoms with van der Waals surface area (Å²) in [4.78, 5) is 24.0. The Kier molecular flexibility index (Phi) is 2.65. The first-order chi connectivity index (χ1) is 10.1. The Morgan fingerprint density at radius 3 is 2.38 bits per heavy atom. The molecule has 21 heavy (non-hydrogen) atoms. The summed E-state index contributed by atoms with van der Waals surface area (Å²) in [5.41, 5.74) is 1.72. The highest BCUT2D eigenvalue weighted by atomic mass is 16.4. The van der Waals surface area contributed by atoms with E-state index in [0.29, 0.717) is 12.3 Å². The SMILES string of the molecule is O=C(O)C1CC(NC(=O)C2(C3CC3)CC2)c2ccccc21. The lowest BCUT2D eigenvalue weighted by atomic mass is 9.98. The van der Waals surface area contributed by atoms with Gasteiger partial charge >= 0.3 is 5.97 Å². The third-order valence-corrected chi connectivity index (χ3v) is 5.42. The molecule has 1 aromatic rings. The standard InChI is InChI=1S/C17H19NO3/c19-15(20)13-9-14(12-4-2-1-3-11(12)13)18-16(21)17(7-8-17)10-5-6-10/h1-4,10,13-14H,5-9H2,(H,18,21)(H,19,20). The van der Waals surface area contributed by atoms with Gasteiger partial charge in [0, 0.05) is 0 Å². The van der Waals surface area contributed by atoms with Crippen LogP contribution in [-0.2, 0) is 9.59 Å². The van der Waals surface area contributed by atoms with E-state index in [0.717, 1.165) is 24.0 Å². The van der Waals surface area contributed by atoms with Crippen LogP contribution in [0.3, 0.4) is 0 Å². The van der Waals surface area contributed by atoms with Crippen LogP contribution in [0.25, 0.3) is 0 Å². The molecule has 0 heterocycles. The molecule has 0 aliphatic heterocycles. The summed E-state index contributed by atoms with van der Waals surface area (Å²) in [7, 11) is 0. The molecule has 2 saturated carbocycles. The second kappa shape index (κ2) is 4.33. The molecule has 2 atom stereocenters. The zero-order chi connectivity index (χ0) is 14.6. The second-order valence-electron chi connectivity index (χ2n) is 6.71. The van der Waals surface area contributed by atoms with E-state index in [2.05, 4.69) is 5.32 Å². The van der Waals surface area contributed by atoms with Crippen LogP contribution in [-0.4, -0.2) is 17.0 Å². The van der Waals surface area contributed by atoms with E-state index in [9.17, 15) is 14.7 Å². The zero-order valence-electron chi connectivity index (χ0n) is 11.8. The number of carbonyl (C=O) groups is 2. The maximum atomic E-state index is 12.6. The van der Waals surface area contributed by atoms with Gasteiger partial charge in [0.05, 0.1) is 17.4 Å². The van der Waals surface area contributed by atoms with E-state index in [1.807, 2.05) is 24.3 Å². The molecule has 3 aliphatic rings. The van der Waals surface area contributed by atoms with Gasteiger partial charge in [0.2, 0.25) is 5.91 Å². The molecule has 0 radical (unpaired) electrons. The lowest BCUT2D eigenvalue weighted by Gasteiger charge is -2.19. The van der Waals surface area contributed by atoms with Crippen LogP contribution in [0.5, 0.6) is 0 Å². The van der Waals surface area contributed by atoms with Crippen molar-refractivity contribution in [3.63, 3.8) is 0 Å². The largest absolute Gasteiger partial charge is 0.481 e. The van der Waals surface area contributed by atoms with Crippen molar-refractivity contribution in [3.8, 4) is 0 Å². The summed E-state index contributed by atoms with van der Waals surface area (Å²) in [6, 6.07) is 7.45. The third-order valence-electron chi connectivity index (χ3n) is 5.42. The predicted octanol–water partition coefficient (Wildman–Crippen LogP) is 2.61. The van der Waals surface area contributed by atoms with Crippen molar-refractivity contribution >= 4 is 11.9 Å². The van der Waals surface area contributed by atoms with Crippen molar-refractivity contribution in [2.45, 2.75) is 44.1 Å². The van der Waals surface area contributed by atoms with Crippen molar-refractivity contribution in [1.82, 2.24) is 5.32 Å². The van der Waals surface area contributed by atoms with Gasteiger partial charge in [0.1, 0.15) is 0 Å². The second-order valence-corrected chi connectivity index (χ2v) is 6.71. The quantitative estimate of drug-likeness (QED) is 0.893. The molecule has 0 bridgehead atoms. The molecule has 0 spiro atoms. The number of fused-ring (bicyclic) bond motifs is 1. The van der Waals surface area contributed by atoms with Gasteiger partial charge in [-0.05, 0) is 49.1 Å². The maximum absolute atomic E-state index is 12.6. The highest BCUT2D eigenvalue weighted by Crippen LogP contribution is 2.61. The number of nitrogens with one attached hydrogen (secondary N) is 1. The summed E-state index contributed by atoms with van der Waals surface area (Å²) in [5, 5.41) is 12.5. The molecule has 2 N–H and O–H groups in total. The van der Waals surface area contributed by atoms with Gasteiger partial charge in [-0.1, -0.05) is 24.3 Å².